The second kappa shape index (κ2) is 11.6. The Bertz CT molecular complexity index is 1260. The fourth-order valence-corrected chi connectivity index (χ4v) is 4.27. The zero-order valence-corrected chi connectivity index (χ0v) is 20.8. The van der Waals surface area contributed by atoms with Crippen LogP contribution in [0.15, 0.2) is 47.9 Å². The smallest absolute Gasteiger partial charge is 0.228 e. The van der Waals surface area contributed by atoms with Crippen LogP contribution in [-0.2, 0) is 0 Å². The molecule has 1 aliphatic rings. The molecule has 0 bridgehead atoms. The molecule has 3 aromatic rings. The number of aromatic nitrogens is 4. The van der Waals surface area contributed by atoms with Crippen LogP contribution in [0, 0.1) is 6.92 Å². The highest BCUT2D eigenvalue weighted by Crippen LogP contribution is 2.33. The largest absolute Gasteiger partial charge is 0.480 e. The first kappa shape index (κ1) is 25.1. The number of nitrogens with two attached hydrogens (primary N) is 1. The molecule has 0 radical (unpaired) electrons. The second-order valence-electron chi connectivity index (χ2n) is 8.36. The minimum Gasteiger partial charge on any atom is -0.480 e. The first-order valence-electron chi connectivity index (χ1n) is 11.8. The van der Waals surface area contributed by atoms with Crippen molar-refractivity contribution in [3.63, 3.8) is 0 Å². The molecular weight excluding hydrogens is 458 g/mol. The monoisotopic (exact) mass is 489 g/mol. The van der Waals surface area contributed by atoms with Crippen LogP contribution < -0.4 is 20.1 Å². The predicted molar refractivity (Wildman–Crippen MR) is 140 cm³/mol. The summed E-state index contributed by atoms with van der Waals surface area (Å²) in [6, 6.07) is 7.51. The van der Waals surface area contributed by atoms with E-state index in [1.807, 2.05) is 19.1 Å². The number of methoxy groups -OCH3 is 1. The number of pyridine rings is 2. The highest BCUT2D eigenvalue weighted by Gasteiger charge is 2.27. The number of rotatable bonds is 9. The van der Waals surface area contributed by atoms with Gasteiger partial charge >= 0.3 is 0 Å². The summed E-state index contributed by atoms with van der Waals surface area (Å²) in [5.41, 5.74) is 9.12. The van der Waals surface area contributed by atoms with Gasteiger partial charge in [0.15, 0.2) is 0 Å². The van der Waals surface area contributed by atoms with Gasteiger partial charge in [0.25, 0.3) is 0 Å². The lowest BCUT2D eigenvalue weighted by atomic mass is 10.1. The number of aliphatic hydroxyl groups excluding tert-OH is 1. The lowest BCUT2D eigenvalue weighted by Crippen LogP contribution is -2.31. The average Bonchev–Trinajstić information content (AvgIpc) is 3.37. The molecule has 0 spiro atoms. The van der Waals surface area contributed by atoms with Crippen molar-refractivity contribution in [3.05, 3.63) is 54.2 Å². The molecule has 0 aliphatic carbocycles. The molecule has 4 heterocycles. The number of aliphatic hydroxyl groups is 1. The van der Waals surface area contributed by atoms with Crippen LogP contribution in [-0.4, -0.2) is 64.6 Å². The number of ether oxygens (including phenoxy) is 2. The lowest BCUT2D eigenvalue weighted by Gasteiger charge is -2.24. The molecule has 1 aliphatic heterocycles. The SMILES string of the molecule is CN=CC(=CN)c1cc(Oc2ccc(-c3cnc(N4CCC[C@H]4CCO)nc3OC)nc2C)ccn1. The maximum absolute atomic E-state index is 9.37. The Morgan fingerprint density at radius 1 is 1.28 bits per heavy atom. The van der Waals surface area contributed by atoms with Gasteiger partial charge in [-0.15, -0.1) is 0 Å². The Hall–Kier alpha value is -4.05. The minimum absolute atomic E-state index is 0.146. The molecule has 4 rings (SSSR count). The summed E-state index contributed by atoms with van der Waals surface area (Å²) >= 11 is 0. The van der Waals surface area contributed by atoms with Crippen LogP contribution in [0.4, 0.5) is 5.95 Å². The molecule has 1 atom stereocenters. The number of aliphatic imine (C=N–C) groups is 1. The van der Waals surface area contributed by atoms with Gasteiger partial charge in [-0.25, -0.2) is 9.97 Å². The van der Waals surface area contributed by atoms with Crippen molar-refractivity contribution in [2.45, 2.75) is 32.2 Å². The maximum Gasteiger partial charge on any atom is 0.228 e. The molecule has 10 nitrogen and oxygen atoms in total. The third-order valence-electron chi connectivity index (χ3n) is 6.05. The third kappa shape index (κ3) is 5.44. The highest BCUT2D eigenvalue weighted by molar-refractivity contribution is 6.08. The Morgan fingerprint density at radius 2 is 2.14 bits per heavy atom. The number of aryl methyl sites for hydroxylation is 1. The standard InChI is InChI=1S/C26H31N7O3/c1-17-24(36-20-8-10-29-23(13-20)18(14-27)15-28-2)7-6-22(31-17)21-16-30-26(32-25(21)35-3)33-11-4-5-19(33)9-12-34/h6-8,10,13-16,19,34H,4-5,9,11-12,27H2,1-3H3/t19-/m0/s1. The molecule has 10 heteroatoms. The van der Waals surface area contributed by atoms with Crippen LogP contribution in [0.25, 0.3) is 16.8 Å². The maximum atomic E-state index is 9.37. The van der Waals surface area contributed by atoms with Gasteiger partial charge in [-0.3, -0.25) is 9.98 Å². The van der Waals surface area contributed by atoms with E-state index in [4.69, 9.17) is 20.2 Å². The van der Waals surface area contributed by atoms with E-state index in [1.54, 1.807) is 44.9 Å². The average molecular weight is 490 g/mol. The predicted octanol–water partition coefficient (Wildman–Crippen LogP) is 3.39. The quantitative estimate of drug-likeness (QED) is 0.434. The topological polar surface area (TPSA) is 132 Å². The summed E-state index contributed by atoms with van der Waals surface area (Å²) in [5, 5.41) is 9.37. The van der Waals surface area contributed by atoms with Crippen molar-refractivity contribution >= 4 is 17.7 Å². The molecule has 0 unspecified atom stereocenters. The fourth-order valence-electron chi connectivity index (χ4n) is 4.27. The molecule has 0 amide bonds. The minimum atomic E-state index is 0.146. The van der Waals surface area contributed by atoms with Gasteiger partial charge in [-0.1, -0.05) is 0 Å². The molecule has 0 aromatic carbocycles. The van der Waals surface area contributed by atoms with Crippen molar-refractivity contribution in [2.24, 2.45) is 10.7 Å². The van der Waals surface area contributed by atoms with Crippen LogP contribution in [0.3, 0.4) is 0 Å². The summed E-state index contributed by atoms with van der Waals surface area (Å²) in [7, 11) is 3.26. The molecular formula is C26H31N7O3. The first-order valence-corrected chi connectivity index (χ1v) is 11.8. The Labute approximate surface area is 210 Å². The molecule has 0 saturated carbocycles. The van der Waals surface area contributed by atoms with Crippen molar-refractivity contribution in [3.8, 4) is 28.6 Å². The number of hydrogen-bond acceptors (Lipinski definition) is 10. The van der Waals surface area contributed by atoms with Gasteiger partial charge < -0.3 is 25.2 Å². The van der Waals surface area contributed by atoms with Crippen molar-refractivity contribution in [1.29, 1.82) is 0 Å². The molecule has 3 N–H and O–H groups in total. The van der Waals surface area contributed by atoms with Crippen molar-refractivity contribution in [1.82, 2.24) is 19.9 Å². The van der Waals surface area contributed by atoms with E-state index in [0.717, 1.165) is 19.4 Å². The number of nitrogens with zero attached hydrogens (tertiary/aromatic N) is 6. The number of hydrogen-bond donors (Lipinski definition) is 2. The zero-order valence-electron chi connectivity index (χ0n) is 20.8. The second-order valence-corrected chi connectivity index (χ2v) is 8.36. The van der Waals surface area contributed by atoms with Gasteiger partial charge in [0, 0.05) is 62.7 Å². The van der Waals surface area contributed by atoms with Crippen molar-refractivity contribution < 1.29 is 14.6 Å². The van der Waals surface area contributed by atoms with E-state index in [2.05, 4.69) is 24.8 Å². The summed E-state index contributed by atoms with van der Waals surface area (Å²) in [4.78, 5) is 24.5. The van der Waals surface area contributed by atoms with Gasteiger partial charge in [0.2, 0.25) is 11.8 Å². The zero-order chi connectivity index (χ0) is 25.5. The third-order valence-corrected chi connectivity index (χ3v) is 6.05. The molecule has 1 fully saturated rings. The lowest BCUT2D eigenvalue weighted by molar-refractivity contribution is 0.275. The Kier molecular flexibility index (Phi) is 8.06. The van der Waals surface area contributed by atoms with Crippen LogP contribution in [0.5, 0.6) is 17.4 Å². The first-order chi connectivity index (χ1) is 17.6. The van der Waals surface area contributed by atoms with Crippen LogP contribution in [0.1, 0.15) is 30.7 Å². The summed E-state index contributed by atoms with van der Waals surface area (Å²) in [5.74, 6) is 2.27. The van der Waals surface area contributed by atoms with Crippen LogP contribution >= 0.6 is 0 Å². The van der Waals surface area contributed by atoms with E-state index in [-0.39, 0.29) is 12.6 Å². The highest BCUT2D eigenvalue weighted by atomic mass is 16.5. The van der Waals surface area contributed by atoms with E-state index in [9.17, 15) is 5.11 Å². The molecule has 3 aromatic heterocycles. The fraction of sp³-hybridized carbons (Fsp3) is 0.346. The summed E-state index contributed by atoms with van der Waals surface area (Å²) in [6.45, 7) is 2.88. The normalized spacial score (nSPS) is 16.1. The molecule has 1 saturated heterocycles. The summed E-state index contributed by atoms with van der Waals surface area (Å²) in [6.07, 6.45) is 9.26. The van der Waals surface area contributed by atoms with Gasteiger partial charge in [0.05, 0.1) is 29.8 Å². The Balaban J connectivity index is 1.57. The van der Waals surface area contributed by atoms with E-state index in [1.165, 1.54) is 6.20 Å². The van der Waals surface area contributed by atoms with Crippen molar-refractivity contribution in [2.75, 3.05) is 32.2 Å². The Morgan fingerprint density at radius 3 is 2.86 bits per heavy atom. The van der Waals surface area contributed by atoms with Gasteiger partial charge in [0.1, 0.15) is 11.5 Å². The molecule has 188 valence electrons. The van der Waals surface area contributed by atoms with Crippen LogP contribution in [0.2, 0.25) is 0 Å². The number of allylic oxidation sites excluding steroid dienone is 1. The molecule has 36 heavy (non-hydrogen) atoms. The van der Waals surface area contributed by atoms with Gasteiger partial charge in [-0.05, 0) is 44.4 Å². The van der Waals surface area contributed by atoms with E-state index in [0.29, 0.717) is 58.0 Å². The van der Waals surface area contributed by atoms with Gasteiger partial charge in [-0.2, -0.15) is 4.98 Å². The number of anilines is 1. The van der Waals surface area contributed by atoms with E-state index >= 15 is 0 Å². The summed E-state index contributed by atoms with van der Waals surface area (Å²) < 4.78 is 11.7. The van der Waals surface area contributed by atoms with E-state index < -0.39 is 0 Å².